The van der Waals surface area contributed by atoms with Crippen LogP contribution in [0.2, 0.25) is 0 Å². The molecule has 0 saturated carbocycles. The number of hydrogen-bond acceptors (Lipinski definition) is 2. The van der Waals surface area contributed by atoms with Crippen LogP contribution in [0.3, 0.4) is 0 Å². The maximum absolute atomic E-state index is 12.6. The summed E-state index contributed by atoms with van der Waals surface area (Å²) in [5.74, 6) is 0. The number of hydrogen-bond donors (Lipinski definition) is 1. The number of thioether (sulfide) groups is 1. The van der Waals surface area contributed by atoms with Gasteiger partial charge in [-0.15, -0.1) is 0 Å². The number of rotatable bonds is 3. The zero-order valence-electron chi connectivity index (χ0n) is 12.6. The van der Waals surface area contributed by atoms with Crippen molar-refractivity contribution in [1.82, 2.24) is 9.88 Å². The summed E-state index contributed by atoms with van der Waals surface area (Å²) in [6.45, 7) is 3.10. The van der Waals surface area contributed by atoms with E-state index in [0.717, 1.165) is 41.5 Å². The molecule has 0 bridgehead atoms. The number of likely N-dealkylation sites (N-methyl/N-ethyl adjacent to an activating group) is 1. The Morgan fingerprint density at radius 1 is 1.36 bits per heavy atom. The number of nitrogens with zero attached hydrogens (tertiary/aromatic N) is 1. The topological polar surface area (TPSA) is 19.0 Å². The standard InChI is InChI=1S/C16H19F3N2S/c1-10-13(8-11-4-3-7-21(11)2)14-9-12(22-16(17,18)19)5-6-15(14)20-10/h5-6,9,11,20H,3-4,7-8H2,1-2H3/t11-/m1/s1. The van der Waals surface area contributed by atoms with Crippen LogP contribution in [-0.2, 0) is 6.42 Å². The van der Waals surface area contributed by atoms with Crippen LogP contribution >= 0.6 is 11.8 Å². The fraction of sp³-hybridized carbons (Fsp3) is 0.500. The number of aryl methyl sites for hydroxylation is 1. The molecule has 0 unspecified atom stereocenters. The zero-order chi connectivity index (χ0) is 15.9. The molecular weight excluding hydrogens is 309 g/mol. The molecule has 0 radical (unpaired) electrons. The molecule has 1 N–H and O–H groups in total. The summed E-state index contributed by atoms with van der Waals surface area (Å²) in [6, 6.07) is 5.43. The Kier molecular flexibility index (Phi) is 4.16. The molecule has 1 aliphatic heterocycles. The minimum absolute atomic E-state index is 0.0475. The first-order chi connectivity index (χ1) is 10.3. The molecule has 22 heavy (non-hydrogen) atoms. The summed E-state index contributed by atoms with van der Waals surface area (Å²) < 4.78 is 37.7. The van der Waals surface area contributed by atoms with Gasteiger partial charge in [0, 0.05) is 27.5 Å². The molecular formula is C16H19F3N2S. The van der Waals surface area contributed by atoms with Gasteiger partial charge >= 0.3 is 5.51 Å². The van der Waals surface area contributed by atoms with Gasteiger partial charge in [0.1, 0.15) is 0 Å². The second-order valence-corrected chi connectivity index (χ2v) is 7.10. The molecule has 1 aromatic carbocycles. The average molecular weight is 328 g/mol. The second kappa shape index (κ2) is 5.81. The van der Waals surface area contributed by atoms with Gasteiger partial charge in [0.05, 0.1) is 0 Å². The molecule has 3 rings (SSSR count). The van der Waals surface area contributed by atoms with Crippen molar-refractivity contribution in [3.63, 3.8) is 0 Å². The molecule has 6 heteroatoms. The second-order valence-electron chi connectivity index (χ2n) is 5.96. The number of nitrogens with one attached hydrogen (secondary N) is 1. The molecule has 1 saturated heterocycles. The Morgan fingerprint density at radius 3 is 2.77 bits per heavy atom. The van der Waals surface area contributed by atoms with E-state index in [0.29, 0.717) is 6.04 Å². The molecule has 2 aromatic rings. The maximum Gasteiger partial charge on any atom is 0.446 e. The van der Waals surface area contributed by atoms with E-state index in [2.05, 4.69) is 16.9 Å². The first kappa shape index (κ1) is 15.7. The molecule has 1 aromatic heterocycles. The fourth-order valence-electron chi connectivity index (χ4n) is 3.29. The SMILES string of the molecule is Cc1[nH]c2ccc(SC(F)(F)F)cc2c1C[C@H]1CCCN1C. The normalized spacial score (nSPS) is 20.1. The highest BCUT2D eigenvalue weighted by Crippen LogP contribution is 2.39. The number of likely N-dealkylation sites (tertiary alicyclic amines) is 1. The van der Waals surface area contributed by atoms with E-state index in [4.69, 9.17) is 0 Å². The van der Waals surface area contributed by atoms with Crippen molar-refractivity contribution in [3.8, 4) is 0 Å². The van der Waals surface area contributed by atoms with E-state index >= 15 is 0 Å². The average Bonchev–Trinajstić information content (AvgIpc) is 2.94. The van der Waals surface area contributed by atoms with E-state index in [1.165, 1.54) is 12.5 Å². The highest BCUT2D eigenvalue weighted by Gasteiger charge is 2.29. The third-order valence-corrected chi connectivity index (χ3v) is 5.16. The molecule has 1 fully saturated rings. The van der Waals surface area contributed by atoms with E-state index in [1.807, 2.05) is 6.92 Å². The van der Waals surface area contributed by atoms with Crippen LogP contribution in [0.15, 0.2) is 23.1 Å². The Balaban J connectivity index is 1.94. The first-order valence-electron chi connectivity index (χ1n) is 7.40. The third kappa shape index (κ3) is 3.27. The van der Waals surface area contributed by atoms with Crippen LogP contribution < -0.4 is 0 Å². The number of benzene rings is 1. The van der Waals surface area contributed by atoms with Crippen LogP contribution in [0.1, 0.15) is 24.1 Å². The molecule has 2 heterocycles. The summed E-state index contributed by atoms with van der Waals surface area (Å²) >= 11 is -0.0475. The van der Waals surface area contributed by atoms with E-state index in [9.17, 15) is 13.2 Å². The minimum Gasteiger partial charge on any atom is -0.358 e. The van der Waals surface area contributed by atoms with Crippen molar-refractivity contribution in [3.05, 3.63) is 29.5 Å². The van der Waals surface area contributed by atoms with Gasteiger partial charge in [0.25, 0.3) is 0 Å². The largest absolute Gasteiger partial charge is 0.446 e. The summed E-state index contributed by atoms with van der Waals surface area (Å²) in [6.07, 6.45) is 3.24. The highest BCUT2D eigenvalue weighted by molar-refractivity contribution is 8.00. The van der Waals surface area contributed by atoms with Gasteiger partial charge in [-0.3, -0.25) is 0 Å². The predicted octanol–water partition coefficient (Wildman–Crippen LogP) is 4.72. The van der Waals surface area contributed by atoms with Gasteiger partial charge in [0.2, 0.25) is 0 Å². The molecule has 2 nitrogen and oxygen atoms in total. The maximum atomic E-state index is 12.6. The number of aromatic amines is 1. The smallest absolute Gasteiger partial charge is 0.358 e. The molecule has 0 spiro atoms. The van der Waals surface area contributed by atoms with Gasteiger partial charge in [-0.25, -0.2) is 0 Å². The van der Waals surface area contributed by atoms with Crippen molar-refractivity contribution in [2.45, 2.75) is 42.6 Å². The Hall–Kier alpha value is -1.14. The molecule has 0 aliphatic carbocycles. The van der Waals surface area contributed by atoms with Crippen molar-refractivity contribution < 1.29 is 13.2 Å². The van der Waals surface area contributed by atoms with Crippen molar-refractivity contribution in [1.29, 1.82) is 0 Å². The summed E-state index contributed by atoms with van der Waals surface area (Å²) in [5, 5.41) is 0.923. The Bertz CT molecular complexity index is 678. The van der Waals surface area contributed by atoms with Gasteiger partial charge in [-0.2, -0.15) is 13.2 Å². The van der Waals surface area contributed by atoms with Crippen LogP contribution in [-0.4, -0.2) is 35.0 Å². The molecule has 1 atom stereocenters. The van der Waals surface area contributed by atoms with Crippen LogP contribution in [0.25, 0.3) is 10.9 Å². The van der Waals surface area contributed by atoms with E-state index in [1.54, 1.807) is 12.1 Å². The number of alkyl halides is 3. The molecule has 120 valence electrons. The summed E-state index contributed by atoms with van der Waals surface area (Å²) in [7, 11) is 2.12. The summed E-state index contributed by atoms with van der Waals surface area (Å²) in [5.41, 5.74) is -1.12. The number of halogens is 3. The highest BCUT2D eigenvalue weighted by atomic mass is 32.2. The number of fused-ring (bicyclic) bond motifs is 1. The van der Waals surface area contributed by atoms with Crippen molar-refractivity contribution >= 4 is 22.7 Å². The monoisotopic (exact) mass is 328 g/mol. The lowest BCUT2D eigenvalue weighted by molar-refractivity contribution is -0.0328. The number of H-pyrrole nitrogens is 1. The van der Waals surface area contributed by atoms with Gasteiger partial charge < -0.3 is 9.88 Å². The van der Waals surface area contributed by atoms with Crippen LogP contribution in [0.5, 0.6) is 0 Å². The predicted molar refractivity (Wildman–Crippen MR) is 84.3 cm³/mol. The Morgan fingerprint density at radius 2 is 2.14 bits per heavy atom. The van der Waals surface area contributed by atoms with Crippen molar-refractivity contribution in [2.24, 2.45) is 0 Å². The quantitative estimate of drug-likeness (QED) is 0.822. The number of aromatic nitrogens is 1. The van der Waals surface area contributed by atoms with Gasteiger partial charge in [-0.1, -0.05) is 0 Å². The first-order valence-corrected chi connectivity index (χ1v) is 8.22. The lowest BCUT2D eigenvalue weighted by Gasteiger charge is -2.19. The Labute approximate surface area is 132 Å². The fourth-order valence-corrected chi connectivity index (χ4v) is 3.87. The molecule has 1 aliphatic rings. The van der Waals surface area contributed by atoms with Gasteiger partial charge in [0.15, 0.2) is 0 Å². The minimum atomic E-state index is -4.25. The lowest BCUT2D eigenvalue weighted by Crippen LogP contribution is -2.26. The van der Waals surface area contributed by atoms with E-state index < -0.39 is 5.51 Å². The van der Waals surface area contributed by atoms with Crippen LogP contribution in [0, 0.1) is 6.92 Å². The summed E-state index contributed by atoms with van der Waals surface area (Å²) in [4.78, 5) is 5.89. The van der Waals surface area contributed by atoms with E-state index in [-0.39, 0.29) is 16.7 Å². The lowest BCUT2D eigenvalue weighted by atomic mass is 10.0. The zero-order valence-corrected chi connectivity index (χ0v) is 13.4. The van der Waals surface area contributed by atoms with Crippen molar-refractivity contribution in [2.75, 3.05) is 13.6 Å². The molecule has 0 amide bonds. The third-order valence-electron chi connectivity index (χ3n) is 4.44. The van der Waals surface area contributed by atoms with Crippen LogP contribution in [0.4, 0.5) is 13.2 Å². The van der Waals surface area contributed by atoms with Gasteiger partial charge in [-0.05, 0) is 75.3 Å².